The molecular formula is C17H15Cl2NO2. The molecule has 5 heteroatoms. The number of nitrogens with one attached hydrogen (secondary N) is 1. The third kappa shape index (κ3) is 3.67. The minimum Gasteiger partial charge on any atom is -0.342 e. The van der Waals surface area contributed by atoms with E-state index >= 15 is 0 Å². The summed E-state index contributed by atoms with van der Waals surface area (Å²) in [5.41, 5.74) is 1.66. The van der Waals surface area contributed by atoms with Crippen LogP contribution in [0.5, 0.6) is 0 Å². The standard InChI is InChI=1S/C17H15Cl2NO2/c1-10-4-3-5-14(15(10)19)17(22)20-11(2)16(21)12-6-8-13(18)9-7-12/h3-9,11H,1-2H3,(H,20,22). The molecule has 114 valence electrons. The van der Waals surface area contributed by atoms with E-state index < -0.39 is 6.04 Å². The molecule has 0 aliphatic heterocycles. The van der Waals surface area contributed by atoms with E-state index in [2.05, 4.69) is 5.32 Å². The fourth-order valence-corrected chi connectivity index (χ4v) is 2.36. The largest absolute Gasteiger partial charge is 0.342 e. The molecule has 2 aromatic rings. The van der Waals surface area contributed by atoms with Gasteiger partial charge in [-0.1, -0.05) is 35.3 Å². The van der Waals surface area contributed by atoms with Crippen LogP contribution < -0.4 is 5.32 Å². The Hall–Kier alpha value is -1.84. The van der Waals surface area contributed by atoms with Crippen LogP contribution in [0.15, 0.2) is 42.5 Å². The van der Waals surface area contributed by atoms with Crippen LogP contribution in [0.4, 0.5) is 0 Å². The van der Waals surface area contributed by atoms with Gasteiger partial charge in [-0.3, -0.25) is 9.59 Å². The summed E-state index contributed by atoms with van der Waals surface area (Å²) in [5, 5.41) is 3.62. The van der Waals surface area contributed by atoms with E-state index in [1.165, 1.54) is 0 Å². The molecule has 0 spiro atoms. The quantitative estimate of drug-likeness (QED) is 0.846. The molecule has 0 saturated heterocycles. The lowest BCUT2D eigenvalue weighted by atomic mass is 10.0. The summed E-state index contributed by atoms with van der Waals surface area (Å²) in [6, 6.07) is 11.1. The zero-order valence-electron chi connectivity index (χ0n) is 12.2. The van der Waals surface area contributed by atoms with Gasteiger partial charge in [0.15, 0.2) is 5.78 Å². The van der Waals surface area contributed by atoms with Gasteiger partial charge >= 0.3 is 0 Å². The van der Waals surface area contributed by atoms with E-state index in [1.54, 1.807) is 43.3 Å². The van der Waals surface area contributed by atoms with Gasteiger partial charge < -0.3 is 5.32 Å². The molecule has 1 N–H and O–H groups in total. The monoisotopic (exact) mass is 335 g/mol. The molecule has 0 radical (unpaired) electrons. The second kappa shape index (κ2) is 6.95. The van der Waals surface area contributed by atoms with E-state index in [-0.39, 0.29) is 11.7 Å². The van der Waals surface area contributed by atoms with Crippen LogP contribution in [0.2, 0.25) is 10.0 Å². The highest BCUT2D eigenvalue weighted by Crippen LogP contribution is 2.20. The highest BCUT2D eigenvalue weighted by atomic mass is 35.5. The minimum absolute atomic E-state index is 0.186. The average Bonchev–Trinajstić information content (AvgIpc) is 2.50. The molecule has 0 saturated carbocycles. The predicted molar refractivity (Wildman–Crippen MR) is 88.9 cm³/mol. The highest BCUT2D eigenvalue weighted by Gasteiger charge is 2.19. The lowest BCUT2D eigenvalue weighted by Crippen LogP contribution is -2.38. The summed E-state index contributed by atoms with van der Waals surface area (Å²) < 4.78 is 0. The Bertz CT molecular complexity index is 711. The van der Waals surface area contributed by atoms with E-state index in [0.29, 0.717) is 21.2 Å². The molecule has 0 aromatic heterocycles. The van der Waals surface area contributed by atoms with Crippen LogP contribution in [0.25, 0.3) is 0 Å². The molecule has 0 heterocycles. The number of halogens is 2. The number of rotatable bonds is 4. The van der Waals surface area contributed by atoms with Gasteiger partial charge in [-0.05, 0) is 49.7 Å². The van der Waals surface area contributed by atoms with Crippen LogP contribution in [0, 0.1) is 6.92 Å². The van der Waals surface area contributed by atoms with Crippen LogP contribution in [-0.2, 0) is 0 Å². The second-order valence-electron chi connectivity index (χ2n) is 5.00. The molecular weight excluding hydrogens is 321 g/mol. The molecule has 1 unspecified atom stereocenters. The van der Waals surface area contributed by atoms with Gasteiger partial charge in [-0.15, -0.1) is 0 Å². The summed E-state index contributed by atoms with van der Waals surface area (Å²) >= 11 is 11.9. The Balaban J connectivity index is 2.12. The zero-order chi connectivity index (χ0) is 16.3. The topological polar surface area (TPSA) is 46.2 Å². The van der Waals surface area contributed by atoms with Crippen molar-refractivity contribution in [3.8, 4) is 0 Å². The number of ketones is 1. The Labute approximate surface area is 139 Å². The van der Waals surface area contributed by atoms with E-state index in [4.69, 9.17) is 23.2 Å². The van der Waals surface area contributed by atoms with Gasteiger partial charge in [0.1, 0.15) is 0 Å². The van der Waals surface area contributed by atoms with Gasteiger partial charge in [0.25, 0.3) is 5.91 Å². The van der Waals surface area contributed by atoms with E-state index in [1.807, 2.05) is 13.0 Å². The van der Waals surface area contributed by atoms with E-state index in [9.17, 15) is 9.59 Å². The molecule has 0 fully saturated rings. The fourth-order valence-electron chi connectivity index (χ4n) is 2.03. The summed E-state index contributed by atoms with van der Waals surface area (Å²) in [5.74, 6) is -0.558. The van der Waals surface area contributed by atoms with Crippen molar-refractivity contribution >= 4 is 34.9 Å². The number of carbonyl (C=O) groups is 2. The third-order valence-electron chi connectivity index (χ3n) is 3.31. The van der Waals surface area contributed by atoms with Crippen molar-refractivity contribution in [2.45, 2.75) is 19.9 Å². The van der Waals surface area contributed by atoms with Crippen molar-refractivity contribution in [1.29, 1.82) is 0 Å². The van der Waals surface area contributed by atoms with E-state index in [0.717, 1.165) is 5.56 Å². The SMILES string of the molecule is Cc1cccc(C(=O)NC(C)C(=O)c2ccc(Cl)cc2)c1Cl. The zero-order valence-corrected chi connectivity index (χ0v) is 13.7. The van der Waals surface area contributed by atoms with Gasteiger partial charge in [-0.2, -0.15) is 0 Å². The number of Topliss-reactive ketones (excluding diaryl/α,β-unsaturated/α-hetero) is 1. The number of carbonyl (C=O) groups excluding carboxylic acids is 2. The molecule has 2 aromatic carbocycles. The summed E-state index contributed by atoms with van der Waals surface area (Å²) in [6.07, 6.45) is 0. The summed E-state index contributed by atoms with van der Waals surface area (Å²) in [7, 11) is 0. The van der Waals surface area contributed by atoms with Gasteiger partial charge in [-0.25, -0.2) is 0 Å². The van der Waals surface area contributed by atoms with Gasteiger partial charge in [0.05, 0.1) is 16.6 Å². The van der Waals surface area contributed by atoms with Crippen LogP contribution in [-0.4, -0.2) is 17.7 Å². The smallest absolute Gasteiger partial charge is 0.253 e. The summed E-state index contributed by atoms with van der Waals surface area (Å²) in [4.78, 5) is 24.5. The number of hydrogen-bond acceptors (Lipinski definition) is 2. The molecule has 0 aliphatic carbocycles. The molecule has 0 bridgehead atoms. The normalized spacial score (nSPS) is 11.8. The van der Waals surface area contributed by atoms with Crippen molar-refractivity contribution in [3.63, 3.8) is 0 Å². The molecule has 2 rings (SSSR count). The maximum absolute atomic E-state index is 12.3. The average molecular weight is 336 g/mol. The molecule has 1 atom stereocenters. The number of amides is 1. The fraction of sp³-hybridized carbons (Fsp3) is 0.176. The third-order valence-corrected chi connectivity index (χ3v) is 4.06. The summed E-state index contributed by atoms with van der Waals surface area (Å²) in [6.45, 7) is 3.46. The van der Waals surface area contributed by atoms with Crippen LogP contribution in [0.1, 0.15) is 33.2 Å². The van der Waals surface area contributed by atoms with Crippen LogP contribution >= 0.6 is 23.2 Å². The van der Waals surface area contributed by atoms with Crippen molar-refractivity contribution in [3.05, 3.63) is 69.2 Å². The Kier molecular flexibility index (Phi) is 5.22. The molecule has 22 heavy (non-hydrogen) atoms. The Morgan fingerprint density at radius 2 is 1.68 bits per heavy atom. The van der Waals surface area contributed by atoms with Crippen molar-refractivity contribution in [1.82, 2.24) is 5.32 Å². The maximum atomic E-state index is 12.3. The minimum atomic E-state index is -0.662. The first-order valence-corrected chi connectivity index (χ1v) is 7.51. The molecule has 0 aliphatic rings. The predicted octanol–water partition coefficient (Wildman–Crippen LogP) is 4.30. The van der Waals surface area contributed by atoms with Crippen LogP contribution in [0.3, 0.4) is 0 Å². The number of hydrogen-bond donors (Lipinski definition) is 1. The highest BCUT2D eigenvalue weighted by molar-refractivity contribution is 6.34. The molecule has 3 nitrogen and oxygen atoms in total. The maximum Gasteiger partial charge on any atom is 0.253 e. The first-order valence-electron chi connectivity index (χ1n) is 6.76. The van der Waals surface area contributed by atoms with Crippen molar-refractivity contribution < 1.29 is 9.59 Å². The number of aryl methyl sites for hydroxylation is 1. The first kappa shape index (κ1) is 16.5. The lowest BCUT2D eigenvalue weighted by Gasteiger charge is -2.14. The number of benzene rings is 2. The second-order valence-corrected chi connectivity index (χ2v) is 5.82. The van der Waals surface area contributed by atoms with Crippen molar-refractivity contribution in [2.24, 2.45) is 0 Å². The first-order chi connectivity index (χ1) is 10.4. The lowest BCUT2D eigenvalue weighted by molar-refractivity contribution is 0.0865. The molecule has 1 amide bonds. The Morgan fingerprint density at radius 3 is 2.32 bits per heavy atom. The van der Waals surface area contributed by atoms with Gasteiger partial charge in [0, 0.05) is 10.6 Å². The van der Waals surface area contributed by atoms with Crippen molar-refractivity contribution in [2.75, 3.05) is 0 Å². The Morgan fingerprint density at radius 1 is 1.05 bits per heavy atom. The van der Waals surface area contributed by atoms with Gasteiger partial charge in [0.2, 0.25) is 0 Å².